The molecule has 3 aromatic heterocycles. The second-order valence-electron chi connectivity index (χ2n) is 7.75. The molecule has 1 aliphatic heterocycles. The Hall–Kier alpha value is -2.88. The third kappa shape index (κ3) is 3.58. The maximum Gasteiger partial charge on any atom is 0.244 e. The molecule has 162 valence electrons. The number of ether oxygens (including phenoxy) is 2. The minimum absolute atomic E-state index is 0.0956. The molecule has 8 nitrogen and oxygen atoms in total. The second kappa shape index (κ2) is 7.99. The van der Waals surface area contributed by atoms with Gasteiger partial charge in [-0.2, -0.15) is 5.10 Å². The van der Waals surface area contributed by atoms with E-state index in [9.17, 15) is 4.79 Å². The van der Waals surface area contributed by atoms with E-state index in [-0.39, 0.29) is 11.9 Å². The molecule has 0 bridgehead atoms. The van der Waals surface area contributed by atoms with Crippen molar-refractivity contribution in [1.82, 2.24) is 20.1 Å². The van der Waals surface area contributed by atoms with Crippen molar-refractivity contribution >= 4 is 43.4 Å². The lowest BCUT2D eigenvalue weighted by atomic mass is 10.1. The number of carbonyl (C=O) groups is 1. The SMILES string of the molecule is COc1ccc2c(-c3cc4sc(N(C)C(=O)[C@H](C)N5CCOCC5)cc4[nH]3)n[nH]c2c1. The van der Waals surface area contributed by atoms with Crippen molar-refractivity contribution in [3.8, 4) is 17.1 Å². The summed E-state index contributed by atoms with van der Waals surface area (Å²) in [5, 5.41) is 9.52. The number of aromatic amines is 2. The van der Waals surface area contributed by atoms with E-state index in [2.05, 4.69) is 26.1 Å². The number of benzene rings is 1. The molecule has 1 atom stereocenters. The molecule has 1 amide bonds. The predicted octanol–water partition coefficient (Wildman–Crippen LogP) is 3.46. The lowest BCUT2D eigenvalue weighted by Crippen LogP contribution is -2.50. The Kier molecular flexibility index (Phi) is 5.17. The summed E-state index contributed by atoms with van der Waals surface area (Å²) in [7, 11) is 3.50. The van der Waals surface area contributed by atoms with Gasteiger partial charge in [-0.05, 0) is 31.2 Å². The topological polar surface area (TPSA) is 86.5 Å². The highest BCUT2D eigenvalue weighted by atomic mass is 32.1. The van der Waals surface area contributed by atoms with Gasteiger partial charge in [0.2, 0.25) is 5.91 Å². The molecule has 0 saturated carbocycles. The number of H-pyrrole nitrogens is 2. The fourth-order valence-corrected chi connectivity index (χ4v) is 5.07. The predicted molar refractivity (Wildman–Crippen MR) is 123 cm³/mol. The van der Waals surface area contributed by atoms with E-state index in [1.807, 2.05) is 38.2 Å². The molecule has 4 aromatic rings. The highest BCUT2D eigenvalue weighted by Gasteiger charge is 2.27. The van der Waals surface area contributed by atoms with Crippen LogP contribution in [0.1, 0.15) is 6.92 Å². The van der Waals surface area contributed by atoms with Crippen LogP contribution in [-0.2, 0) is 9.53 Å². The summed E-state index contributed by atoms with van der Waals surface area (Å²) in [5.74, 6) is 0.886. The van der Waals surface area contributed by atoms with Gasteiger partial charge in [-0.25, -0.2) is 0 Å². The van der Waals surface area contributed by atoms with Gasteiger partial charge < -0.3 is 19.4 Å². The number of aromatic nitrogens is 3. The minimum Gasteiger partial charge on any atom is -0.497 e. The van der Waals surface area contributed by atoms with Crippen LogP contribution in [0, 0.1) is 0 Å². The molecule has 0 radical (unpaired) electrons. The molecule has 4 heterocycles. The van der Waals surface area contributed by atoms with Crippen molar-refractivity contribution in [1.29, 1.82) is 0 Å². The standard InChI is InChI=1S/C22H25N5O3S/c1-13(27-6-8-30-9-7-27)22(28)26(2)20-12-17-19(31-20)11-18(23-17)21-15-5-4-14(29-3)10-16(15)24-25-21/h4-5,10-13,23H,6-9H2,1-3H3,(H,24,25)/t13-/m0/s1. The summed E-state index contributed by atoms with van der Waals surface area (Å²) in [6.45, 7) is 4.92. The Morgan fingerprint density at radius 2 is 2.06 bits per heavy atom. The smallest absolute Gasteiger partial charge is 0.244 e. The first-order valence-corrected chi connectivity index (χ1v) is 11.1. The Morgan fingerprint density at radius 3 is 2.81 bits per heavy atom. The zero-order chi connectivity index (χ0) is 21.5. The number of hydrogen-bond donors (Lipinski definition) is 2. The van der Waals surface area contributed by atoms with Crippen LogP contribution in [0.15, 0.2) is 30.3 Å². The summed E-state index contributed by atoms with van der Waals surface area (Å²) in [6.07, 6.45) is 0. The Bertz CT molecular complexity index is 1210. The minimum atomic E-state index is -0.169. The number of likely N-dealkylation sites (N-methyl/N-ethyl adjacent to an activating group) is 1. The van der Waals surface area contributed by atoms with Crippen molar-refractivity contribution in [2.75, 3.05) is 45.4 Å². The van der Waals surface area contributed by atoms with Crippen LogP contribution >= 0.6 is 11.3 Å². The van der Waals surface area contributed by atoms with Crippen molar-refractivity contribution < 1.29 is 14.3 Å². The van der Waals surface area contributed by atoms with Gasteiger partial charge in [-0.15, -0.1) is 11.3 Å². The summed E-state index contributed by atoms with van der Waals surface area (Å²) in [6, 6.07) is 9.83. The summed E-state index contributed by atoms with van der Waals surface area (Å²) >= 11 is 1.60. The molecule has 9 heteroatoms. The van der Waals surface area contributed by atoms with Gasteiger partial charge in [0.05, 0.1) is 47.8 Å². The van der Waals surface area contributed by atoms with E-state index < -0.39 is 0 Å². The number of carbonyl (C=O) groups excluding carboxylic acids is 1. The fourth-order valence-electron chi connectivity index (χ4n) is 4.04. The van der Waals surface area contributed by atoms with Crippen LogP contribution < -0.4 is 9.64 Å². The number of amides is 1. The third-order valence-corrected chi connectivity index (χ3v) is 7.09. The molecular formula is C22H25N5O3S. The van der Waals surface area contributed by atoms with E-state index in [4.69, 9.17) is 9.47 Å². The van der Waals surface area contributed by atoms with Crippen LogP contribution in [0.2, 0.25) is 0 Å². The van der Waals surface area contributed by atoms with E-state index in [0.29, 0.717) is 13.2 Å². The molecule has 2 N–H and O–H groups in total. The normalized spacial score (nSPS) is 16.1. The number of nitrogens with zero attached hydrogens (tertiary/aromatic N) is 3. The van der Waals surface area contributed by atoms with E-state index in [0.717, 1.165) is 56.3 Å². The maximum absolute atomic E-state index is 13.0. The lowest BCUT2D eigenvalue weighted by molar-refractivity contribution is -0.124. The molecule has 1 fully saturated rings. The molecule has 0 unspecified atom stereocenters. The molecule has 1 aliphatic rings. The van der Waals surface area contributed by atoms with Gasteiger partial charge in [0, 0.05) is 31.6 Å². The molecule has 31 heavy (non-hydrogen) atoms. The number of anilines is 1. The Balaban J connectivity index is 1.39. The second-order valence-corrected chi connectivity index (χ2v) is 8.81. The zero-order valence-corrected chi connectivity index (χ0v) is 18.6. The van der Waals surface area contributed by atoms with Gasteiger partial charge in [-0.1, -0.05) is 0 Å². The molecule has 0 spiro atoms. The summed E-state index contributed by atoms with van der Waals surface area (Å²) in [5.41, 5.74) is 3.74. The van der Waals surface area contributed by atoms with Crippen LogP contribution in [-0.4, -0.2) is 72.5 Å². The van der Waals surface area contributed by atoms with E-state index >= 15 is 0 Å². The van der Waals surface area contributed by atoms with Crippen LogP contribution in [0.3, 0.4) is 0 Å². The highest BCUT2D eigenvalue weighted by molar-refractivity contribution is 7.23. The molecular weight excluding hydrogens is 414 g/mol. The molecule has 0 aliphatic carbocycles. The van der Waals surface area contributed by atoms with Crippen LogP contribution in [0.4, 0.5) is 5.00 Å². The first-order chi connectivity index (χ1) is 15.0. The van der Waals surface area contributed by atoms with Crippen molar-refractivity contribution in [3.05, 3.63) is 30.3 Å². The quantitative estimate of drug-likeness (QED) is 0.497. The number of thiophene rings is 1. The van der Waals surface area contributed by atoms with Gasteiger partial charge in [0.25, 0.3) is 0 Å². The Morgan fingerprint density at radius 1 is 1.26 bits per heavy atom. The van der Waals surface area contributed by atoms with Crippen molar-refractivity contribution in [3.63, 3.8) is 0 Å². The number of fused-ring (bicyclic) bond motifs is 2. The van der Waals surface area contributed by atoms with Crippen molar-refractivity contribution in [2.24, 2.45) is 0 Å². The van der Waals surface area contributed by atoms with Gasteiger partial charge in [0.1, 0.15) is 16.4 Å². The van der Waals surface area contributed by atoms with Gasteiger partial charge in [-0.3, -0.25) is 14.8 Å². The molecule has 1 aromatic carbocycles. The number of hydrogen-bond acceptors (Lipinski definition) is 6. The van der Waals surface area contributed by atoms with Gasteiger partial charge >= 0.3 is 0 Å². The van der Waals surface area contributed by atoms with E-state index in [1.54, 1.807) is 23.3 Å². The number of nitrogens with one attached hydrogen (secondary N) is 2. The largest absolute Gasteiger partial charge is 0.497 e. The Labute approximate surface area is 183 Å². The zero-order valence-electron chi connectivity index (χ0n) is 17.8. The van der Waals surface area contributed by atoms with E-state index in [1.165, 1.54) is 0 Å². The summed E-state index contributed by atoms with van der Waals surface area (Å²) < 4.78 is 11.8. The average Bonchev–Trinajstić information content (AvgIpc) is 3.50. The number of morpholine rings is 1. The van der Waals surface area contributed by atoms with Crippen LogP contribution in [0.5, 0.6) is 5.75 Å². The average molecular weight is 440 g/mol. The maximum atomic E-state index is 13.0. The van der Waals surface area contributed by atoms with Crippen molar-refractivity contribution in [2.45, 2.75) is 13.0 Å². The molecule has 1 saturated heterocycles. The summed E-state index contributed by atoms with van der Waals surface area (Å²) in [4.78, 5) is 20.4. The van der Waals surface area contributed by atoms with Gasteiger partial charge in [0.15, 0.2) is 0 Å². The number of rotatable bonds is 5. The van der Waals surface area contributed by atoms with Crippen LogP contribution in [0.25, 0.3) is 32.5 Å². The fraction of sp³-hybridized carbons (Fsp3) is 0.364. The third-order valence-electron chi connectivity index (χ3n) is 5.93. The lowest BCUT2D eigenvalue weighted by Gasteiger charge is -2.33. The monoisotopic (exact) mass is 439 g/mol. The highest BCUT2D eigenvalue weighted by Crippen LogP contribution is 2.37. The first kappa shape index (κ1) is 20.0. The molecule has 5 rings (SSSR count). The first-order valence-electron chi connectivity index (χ1n) is 10.3. The number of methoxy groups -OCH3 is 1.